The summed E-state index contributed by atoms with van der Waals surface area (Å²) < 4.78 is 5.27. The Kier molecular flexibility index (Phi) is 6.00. The minimum absolute atomic E-state index is 0.0745. The normalized spacial score (nSPS) is 10.1. The van der Waals surface area contributed by atoms with Crippen LogP contribution in [0.3, 0.4) is 0 Å². The van der Waals surface area contributed by atoms with Gasteiger partial charge in [0.1, 0.15) is 11.3 Å². The van der Waals surface area contributed by atoms with E-state index in [1.54, 1.807) is 0 Å². The van der Waals surface area contributed by atoms with Gasteiger partial charge in [-0.3, -0.25) is 4.79 Å². The lowest BCUT2D eigenvalue weighted by Crippen LogP contribution is -2.30. The molecule has 0 aliphatic rings. The number of hydrogen-bond acceptors (Lipinski definition) is 3. The van der Waals surface area contributed by atoms with Gasteiger partial charge in [-0.1, -0.05) is 41.9 Å². The van der Waals surface area contributed by atoms with Crippen LogP contribution in [0, 0.1) is 0 Å². The molecule has 6 heteroatoms. The average Bonchev–Trinajstić information content (AvgIpc) is 2.54. The minimum Gasteiger partial charge on any atom is -0.483 e. The van der Waals surface area contributed by atoms with Crippen LogP contribution < -0.4 is 10.1 Å². The van der Waals surface area contributed by atoms with Crippen molar-refractivity contribution in [2.45, 2.75) is 6.42 Å². The monoisotopic (exact) mass is 333 g/mol. The van der Waals surface area contributed by atoms with Gasteiger partial charge in [0.15, 0.2) is 6.61 Å². The zero-order valence-electron chi connectivity index (χ0n) is 12.3. The first kappa shape index (κ1) is 16.8. The summed E-state index contributed by atoms with van der Waals surface area (Å²) in [5.41, 5.74) is 1.05. The van der Waals surface area contributed by atoms with Crippen molar-refractivity contribution in [1.82, 2.24) is 5.32 Å². The molecule has 23 heavy (non-hydrogen) atoms. The van der Waals surface area contributed by atoms with E-state index < -0.39 is 5.97 Å². The van der Waals surface area contributed by atoms with E-state index in [1.807, 2.05) is 30.3 Å². The molecule has 2 rings (SSSR count). The fraction of sp³-hybridized carbons (Fsp3) is 0.176. The lowest BCUT2D eigenvalue weighted by Gasteiger charge is -2.10. The highest BCUT2D eigenvalue weighted by Gasteiger charge is 2.13. The average molecular weight is 334 g/mol. The third kappa shape index (κ3) is 5.30. The van der Waals surface area contributed by atoms with Gasteiger partial charge in [-0.05, 0) is 30.2 Å². The van der Waals surface area contributed by atoms with Crippen LogP contribution in [0.15, 0.2) is 48.5 Å². The lowest BCUT2D eigenvalue weighted by atomic mass is 10.1. The van der Waals surface area contributed by atoms with E-state index in [0.717, 1.165) is 5.56 Å². The van der Waals surface area contributed by atoms with Crippen molar-refractivity contribution >= 4 is 23.5 Å². The van der Waals surface area contributed by atoms with Gasteiger partial charge in [0.05, 0.1) is 0 Å². The number of aromatic carboxylic acids is 1. The molecule has 0 spiro atoms. The third-order valence-electron chi connectivity index (χ3n) is 3.11. The van der Waals surface area contributed by atoms with E-state index in [-0.39, 0.29) is 23.8 Å². The van der Waals surface area contributed by atoms with Crippen LogP contribution in [0.1, 0.15) is 15.9 Å². The standard InChI is InChI=1S/C17H16ClNO4/c18-13-6-7-15(14(10-13)17(21)22)23-11-16(20)19-9-8-12-4-2-1-3-5-12/h1-7,10H,8-9,11H2,(H,19,20)(H,21,22). The maximum atomic E-state index is 11.7. The Bertz CT molecular complexity index is 688. The molecule has 0 fully saturated rings. The number of carbonyl (C=O) groups is 2. The van der Waals surface area contributed by atoms with E-state index in [4.69, 9.17) is 21.4 Å². The van der Waals surface area contributed by atoms with Gasteiger partial charge >= 0.3 is 5.97 Å². The van der Waals surface area contributed by atoms with E-state index in [0.29, 0.717) is 18.0 Å². The van der Waals surface area contributed by atoms with Gasteiger partial charge in [-0.2, -0.15) is 0 Å². The number of carbonyl (C=O) groups excluding carboxylic acids is 1. The van der Waals surface area contributed by atoms with Crippen LogP contribution in [0.2, 0.25) is 5.02 Å². The number of hydrogen-bond donors (Lipinski definition) is 2. The van der Waals surface area contributed by atoms with Gasteiger partial charge < -0.3 is 15.2 Å². The largest absolute Gasteiger partial charge is 0.483 e. The number of rotatable bonds is 7. The minimum atomic E-state index is -1.16. The predicted octanol–water partition coefficient (Wildman–Crippen LogP) is 2.78. The van der Waals surface area contributed by atoms with Crippen LogP contribution in [-0.4, -0.2) is 30.1 Å². The molecule has 0 bridgehead atoms. The van der Waals surface area contributed by atoms with Crippen molar-refractivity contribution in [2.75, 3.05) is 13.2 Å². The van der Waals surface area contributed by atoms with Gasteiger partial charge in [0.2, 0.25) is 0 Å². The summed E-state index contributed by atoms with van der Waals surface area (Å²) in [4.78, 5) is 22.9. The number of carboxylic acid groups (broad SMARTS) is 1. The fourth-order valence-corrected chi connectivity index (χ4v) is 2.15. The van der Waals surface area contributed by atoms with Crippen molar-refractivity contribution in [3.63, 3.8) is 0 Å². The molecule has 2 N–H and O–H groups in total. The molecule has 0 radical (unpaired) electrons. The Labute approximate surface area is 138 Å². The fourth-order valence-electron chi connectivity index (χ4n) is 1.98. The summed E-state index contributed by atoms with van der Waals surface area (Å²) in [6.45, 7) is 0.231. The summed E-state index contributed by atoms with van der Waals surface area (Å²) in [5.74, 6) is -1.36. The summed E-state index contributed by atoms with van der Waals surface area (Å²) in [5, 5.41) is 12.1. The van der Waals surface area contributed by atoms with E-state index in [9.17, 15) is 9.59 Å². The first-order valence-electron chi connectivity index (χ1n) is 7.02. The zero-order valence-corrected chi connectivity index (χ0v) is 13.0. The second-order valence-corrected chi connectivity index (χ2v) is 5.26. The second kappa shape index (κ2) is 8.19. The van der Waals surface area contributed by atoms with E-state index in [1.165, 1.54) is 18.2 Å². The van der Waals surface area contributed by atoms with Crippen molar-refractivity contribution in [1.29, 1.82) is 0 Å². The van der Waals surface area contributed by atoms with Gasteiger partial charge in [-0.15, -0.1) is 0 Å². The smallest absolute Gasteiger partial charge is 0.339 e. The maximum Gasteiger partial charge on any atom is 0.339 e. The van der Waals surface area contributed by atoms with Crippen molar-refractivity contribution in [3.05, 3.63) is 64.7 Å². The molecule has 0 atom stereocenters. The molecule has 1 amide bonds. The Morgan fingerprint density at radius 3 is 2.57 bits per heavy atom. The quantitative estimate of drug-likeness (QED) is 0.817. The first-order chi connectivity index (χ1) is 11.1. The summed E-state index contributed by atoms with van der Waals surface area (Å²) in [7, 11) is 0. The molecular weight excluding hydrogens is 318 g/mol. The lowest BCUT2D eigenvalue weighted by molar-refractivity contribution is -0.123. The molecule has 0 saturated carbocycles. The molecule has 0 aromatic heterocycles. The number of ether oxygens (including phenoxy) is 1. The molecule has 5 nitrogen and oxygen atoms in total. The SMILES string of the molecule is O=C(COc1ccc(Cl)cc1C(=O)O)NCCc1ccccc1. The molecule has 120 valence electrons. The van der Waals surface area contributed by atoms with Crippen molar-refractivity contribution in [3.8, 4) is 5.75 Å². The van der Waals surface area contributed by atoms with Crippen LogP contribution >= 0.6 is 11.6 Å². The highest BCUT2D eigenvalue weighted by molar-refractivity contribution is 6.31. The summed E-state index contributed by atoms with van der Waals surface area (Å²) in [6, 6.07) is 14.0. The Balaban J connectivity index is 1.81. The molecule has 0 unspecified atom stereocenters. The number of benzene rings is 2. The molecule has 0 saturated heterocycles. The molecule has 0 aliphatic heterocycles. The van der Waals surface area contributed by atoms with E-state index >= 15 is 0 Å². The molecule has 2 aromatic carbocycles. The van der Waals surface area contributed by atoms with Crippen LogP contribution in [0.25, 0.3) is 0 Å². The second-order valence-electron chi connectivity index (χ2n) is 4.82. The topological polar surface area (TPSA) is 75.6 Å². The predicted molar refractivity (Wildman–Crippen MR) is 87.1 cm³/mol. The number of amides is 1. The Morgan fingerprint density at radius 2 is 1.87 bits per heavy atom. The number of carboxylic acids is 1. The van der Waals surface area contributed by atoms with Gasteiger partial charge in [-0.25, -0.2) is 4.79 Å². The third-order valence-corrected chi connectivity index (χ3v) is 3.34. The first-order valence-corrected chi connectivity index (χ1v) is 7.40. The van der Waals surface area contributed by atoms with Crippen molar-refractivity contribution < 1.29 is 19.4 Å². The summed E-state index contributed by atoms with van der Waals surface area (Å²) in [6.07, 6.45) is 0.716. The molecular formula is C17H16ClNO4. The Morgan fingerprint density at radius 1 is 1.13 bits per heavy atom. The van der Waals surface area contributed by atoms with Crippen LogP contribution in [0.5, 0.6) is 5.75 Å². The van der Waals surface area contributed by atoms with Gasteiger partial charge in [0, 0.05) is 11.6 Å². The molecule has 2 aromatic rings. The zero-order chi connectivity index (χ0) is 16.7. The van der Waals surface area contributed by atoms with Crippen molar-refractivity contribution in [2.24, 2.45) is 0 Å². The Hall–Kier alpha value is -2.53. The number of nitrogens with one attached hydrogen (secondary N) is 1. The molecule has 0 heterocycles. The number of halogens is 1. The van der Waals surface area contributed by atoms with Gasteiger partial charge in [0.25, 0.3) is 5.91 Å². The maximum absolute atomic E-state index is 11.7. The van der Waals surface area contributed by atoms with E-state index in [2.05, 4.69) is 5.32 Å². The highest BCUT2D eigenvalue weighted by atomic mass is 35.5. The van der Waals surface area contributed by atoms with Crippen LogP contribution in [0.4, 0.5) is 0 Å². The molecule has 0 aliphatic carbocycles. The van der Waals surface area contributed by atoms with Crippen LogP contribution in [-0.2, 0) is 11.2 Å². The summed E-state index contributed by atoms with van der Waals surface area (Å²) >= 11 is 5.75. The highest BCUT2D eigenvalue weighted by Crippen LogP contribution is 2.22.